The lowest BCUT2D eigenvalue weighted by Crippen LogP contribution is -2.27. The van der Waals surface area contributed by atoms with Gasteiger partial charge in [0.2, 0.25) is 0 Å². The fraction of sp³-hybridized carbons (Fsp3) is 0.444. The third-order valence-corrected chi connectivity index (χ3v) is 17.4. The van der Waals surface area contributed by atoms with Crippen molar-refractivity contribution in [2.75, 3.05) is 66.1 Å². The van der Waals surface area contributed by atoms with Crippen LogP contribution in [0.15, 0.2) is 152 Å². The molecule has 20 heteroatoms. The van der Waals surface area contributed by atoms with Gasteiger partial charge < -0.3 is 47.4 Å². The van der Waals surface area contributed by atoms with E-state index in [-0.39, 0.29) is 95.9 Å². The van der Waals surface area contributed by atoms with Crippen LogP contribution in [0.5, 0.6) is 0 Å². The van der Waals surface area contributed by atoms with Crippen LogP contribution in [0.1, 0.15) is 192 Å². The van der Waals surface area contributed by atoms with Gasteiger partial charge in [-0.05, 0) is 194 Å². The predicted molar refractivity (Wildman–Crippen MR) is 431 cm³/mol. The Morgan fingerprint density at radius 2 is 0.336 bits per heavy atom. The van der Waals surface area contributed by atoms with Crippen molar-refractivity contribution in [3.05, 3.63) is 207 Å². The van der Waals surface area contributed by atoms with Gasteiger partial charge in [0.1, 0.15) is 66.1 Å². The Labute approximate surface area is 653 Å². The van der Waals surface area contributed by atoms with Crippen LogP contribution in [0.4, 0.5) is 0 Å². The Kier molecular flexibility index (Phi) is 45.9. The molecular formula is C90H120O20. The molecule has 0 amide bonds. The molecular weight excluding hydrogens is 1400 g/mol. The average Bonchev–Trinajstić information content (AvgIpc) is 0.904. The number of hydrogen-bond donors (Lipinski definition) is 0. The number of rotatable bonds is 35. The van der Waals surface area contributed by atoms with Gasteiger partial charge in [-0.3, -0.25) is 24.0 Å². The minimum atomic E-state index is -0.505. The normalized spacial score (nSPS) is 11.5. The molecule has 0 fully saturated rings. The van der Waals surface area contributed by atoms with Gasteiger partial charge in [-0.2, -0.15) is 0 Å². The first kappa shape index (κ1) is 97.5. The van der Waals surface area contributed by atoms with Crippen molar-refractivity contribution in [3.63, 3.8) is 0 Å². The lowest BCUT2D eigenvalue weighted by molar-refractivity contribution is -0.158. The van der Waals surface area contributed by atoms with Gasteiger partial charge >= 0.3 is 59.7 Å². The van der Waals surface area contributed by atoms with E-state index < -0.39 is 56.9 Å². The quantitative estimate of drug-likeness (QED) is 0.0158. The first-order valence-corrected chi connectivity index (χ1v) is 37.2. The van der Waals surface area contributed by atoms with Gasteiger partial charge in [-0.1, -0.05) is 184 Å². The highest BCUT2D eigenvalue weighted by molar-refractivity contribution is 5.89. The summed E-state index contributed by atoms with van der Waals surface area (Å²) < 4.78 is 50.3. The van der Waals surface area contributed by atoms with Crippen LogP contribution in [0.2, 0.25) is 0 Å². The number of carbonyl (C=O) groups excluding carboxylic acids is 10. The number of ether oxygens (including phenoxy) is 10. The van der Waals surface area contributed by atoms with Crippen LogP contribution in [-0.4, -0.2) is 126 Å². The van der Waals surface area contributed by atoms with Gasteiger partial charge in [0.15, 0.2) is 0 Å². The Morgan fingerprint density at radius 1 is 0.218 bits per heavy atom. The molecule has 20 nitrogen and oxygen atoms in total. The summed E-state index contributed by atoms with van der Waals surface area (Å²) in [4.78, 5) is 116. The van der Waals surface area contributed by atoms with E-state index in [9.17, 15) is 47.9 Å². The molecule has 5 aromatic rings. The third kappa shape index (κ3) is 43.5. The lowest BCUT2D eigenvalue weighted by Gasteiger charge is -2.20. The van der Waals surface area contributed by atoms with Crippen molar-refractivity contribution in [3.8, 4) is 0 Å². The molecule has 0 aliphatic heterocycles. The zero-order chi connectivity index (χ0) is 82.9. The molecule has 0 heterocycles. The van der Waals surface area contributed by atoms with Gasteiger partial charge in [-0.15, -0.1) is 0 Å². The van der Waals surface area contributed by atoms with Gasteiger partial charge in [-0.25, -0.2) is 24.0 Å². The molecule has 0 aliphatic rings. The summed E-state index contributed by atoms with van der Waals surface area (Å²) in [7, 11) is 0. The van der Waals surface area contributed by atoms with Crippen LogP contribution < -0.4 is 0 Å². The summed E-state index contributed by atoms with van der Waals surface area (Å²) in [5.41, 5.74) is 7.94. The highest BCUT2D eigenvalue weighted by atomic mass is 16.6. The van der Waals surface area contributed by atoms with Crippen molar-refractivity contribution < 1.29 is 95.3 Å². The van der Waals surface area contributed by atoms with Crippen LogP contribution >= 0.6 is 0 Å². The Bertz CT molecular complexity index is 3210. The van der Waals surface area contributed by atoms with E-state index in [1.807, 2.05) is 260 Å². The second-order valence-electron chi connectivity index (χ2n) is 28.9. The molecule has 0 bridgehead atoms. The molecule has 0 N–H and O–H groups in total. The summed E-state index contributed by atoms with van der Waals surface area (Å²) in [5, 5.41) is 0. The van der Waals surface area contributed by atoms with Crippen molar-refractivity contribution >= 4 is 90.1 Å². The predicted octanol–water partition coefficient (Wildman–Crippen LogP) is 17.7. The molecule has 0 aromatic heterocycles. The zero-order valence-corrected chi connectivity index (χ0v) is 68.6. The molecule has 0 saturated carbocycles. The van der Waals surface area contributed by atoms with Crippen LogP contribution in [-0.2, 0) is 95.3 Å². The Hall–Kier alpha value is -10.5. The molecule has 0 spiro atoms. The Morgan fingerprint density at radius 3 is 0.455 bits per heavy atom. The molecule has 5 aromatic carbocycles. The second kappa shape index (κ2) is 51.8. The van der Waals surface area contributed by atoms with E-state index >= 15 is 0 Å². The maximum Gasteiger partial charge on any atom is 0.330 e. The zero-order valence-electron chi connectivity index (χ0n) is 68.6. The topological polar surface area (TPSA) is 263 Å². The minimum Gasteiger partial charge on any atom is -0.462 e. The maximum absolute atomic E-state index is 11.7. The van der Waals surface area contributed by atoms with Gasteiger partial charge in [0.05, 0.1) is 27.1 Å². The molecule has 0 saturated heterocycles. The molecule has 0 aliphatic carbocycles. The number of hydrogen-bond acceptors (Lipinski definition) is 20. The summed E-state index contributed by atoms with van der Waals surface area (Å²) >= 11 is 0. The SMILES string of the molecule is CCC(C)(C)C(=O)OCCOC(=O)/C=C/c1ccc(C)cc1.CCC(C)(C)C(=O)OCCOC(=O)/C=C/c1ccc(C)cc1.CCC(C)(C)C(=O)OCCOC(=O)/C=C/c1ccc(C)cc1.CCC(C)(C)C(=O)OCCOC(=O)/C=C/c1ccc(C)cc1.CCC(C)(C)C(=O)OCCOC(=O)/C=C/c1ccc(C)cc1. The molecule has 0 unspecified atom stereocenters. The van der Waals surface area contributed by atoms with E-state index in [1.165, 1.54) is 30.4 Å². The average molecular weight is 1520 g/mol. The van der Waals surface area contributed by atoms with Crippen molar-refractivity contribution in [1.82, 2.24) is 0 Å². The highest BCUT2D eigenvalue weighted by Gasteiger charge is 2.30. The van der Waals surface area contributed by atoms with Crippen molar-refractivity contribution in [2.45, 2.75) is 171 Å². The summed E-state index contributed by atoms with van der Waals surface area (Å²) in [6, 6.07) is 39.0. The maximum atomic E-state index is 11.7. The van der Waals surface area contributed by atoms with Crippen LogP contribution in [0, 0.1) is 61.7 Å². The molecule has 5 rings (SSSR count). The first-order valence-electron chi connectivity index (χ1n) is 37.2. The number of esters is 10. The van der Waals surface area contributed by atoms with Crippen LogP contribution in [0.3, 0.4) is 0 Å². The number of benzene rings is 5. The first-order chi connectivity index (χ1) is 51.7. The van der Waals surface area contributed by atoms with Gasteiger partial charge in [0.25, 0.3) is 0 Å². The van der Waals surface area contributed by atoms with Crippen molar-refractivity contribution in [1.29, 1.82) is 0 Å². The molecule has 600 valence electrons. The second-order valence-corrected chi connectivity index (χ2v) is 28.9. The number of carbonyl (C=O) groups is 10. The summed E-state index contributed by atoms with van der Waals surface area (Å²) in [6.45, 7) is 38.6. The standard InChI is InChI=1S/5C18H24O4/c5*1-5-18(3,4)17(20)22-13-12-21-16(19)11-10-15-8-6-14(2)7-9-15/h5*6-11H,5,12-13H2,1-4H3/b5*11-10+. The largest absolute Gasteiger partial charge is 0.462 e. The monoisotopic (exact) mass is 1520 g/mol. The molecule has 110 heavy (non-hydrogen) atoms. The van der Waals surface area contributed by atoms with E-state index in [1.54, 1.807) is 30.4 Å². The highest BCUT2D eigenvalue weighted by Crippen LogP contribution is 2.25. The van der Waals surface area contributed by atoms with E-state index in [2.05, 4.69) is 0 Å². The Balaban J connectivity index is 0.000000687. The summed E-state index contributed by atoms with van der Waals surface area (Å²) in [6.07, 6.45) is 18.8. The van der Waals surface area contributed by atoms with Gasteiger partial charge in [0, 0.05) is 30.4 Å². The lowest BCUT2D eigenvalue weighted by atomic mass is 9.91. The molecule has 0 atom stereocenters. The molecule has 0 radical (unpaired) electrons. The smallest absolute Gasteiger partial charge is 0.330 e. The fourth-order valence-electron chi connectivity index (χ4n) is 7.53. The number of aryl methyl sites for hydroxylation is 5. The fourth-order valence-corrected chi connectivity index (χ4v) is 7.53. The van der Waals surface area contributed by atoms with E-state index in [4.69, 9.17) is 47.4 Å². The minimum absolute atomic E-state index is 0.0581. The summed E-state index contributed by atoms with van der Waals surface area (Å²) in [5.74, 6) is -3.65. The third-order valence-electron chi connectivity index (χ3n) is 17.4. The van der Waals surface area contributed by atoms with Crippen molar-refractivity contribution in [2.24, 2.45) is 27.1 Å². The van der Waals surface area contributed by atoms with Crippen LogP contribution in [0.25, 0.3) is 30.4 Å². The van der Waals surface area contributed by atoms with E-state index in [0.717, 1.165) is 55.6 Å². The van der Waals surface area contributed by atoms with E-state index in [0.29, 0.717) is 32.1 Å².